The van der Waals surface area contributed by atoms with E-state index in [-0.39, 0.29) is 17.4 Å². The summed E-state index contributed by atoms with van der Waals surface area (Å²) in [5.41, 5.74) is 5.49. The number of benzene rings is 1. The molecule has 1 saturated heterocycles. The second kappa shape index (κ2) is 4.15. The second-order valence-corrected chi connectivity index (χ2v) is 5.82. The van der Waals surface area contributed by atoms with Crippen molar-refractivity contribution in [2.24, 2.45) is 5.41 Å². The summed E-state index contributed by atoms with van der Waals surface area (Å²) in [6, 6.07) is 8.20. The van der Waals surface area contributed by atoms with E-state index in [1.807, 2.05) is 31.2 Å². The smallest absolute Gasteiger partial charge is 0.243 e. The Labute approximate surface area is 103 Å². The molecule has 1 fully saturated rings. The molecule has 1 atom stereocenters. The van der Waals surface area contributed by atoms with E-state index >= 15 is 0 Å². The summed E-state index contributed by atoms with van der Waals surface area (Å²) in [5.74, 6) is 0.149. The Morgan fingerprint density at radius 3 is 2.59 bits per heavy atom. The summed E-state index contributed by atoms with van der Waals surface area (Å²) >= 11 is 0. The number of anilines is 1. The highest BCUT2D eigenvalue weighted by molar-refractivity contribution is 5.95. The van der Waals surface area contributed by atoms with E-state index < -0.39 is 0 Å². The Hall–Kier alpha value is -1.35. The molecule has 3 nitrogen and oxygen atoms in total. The predicted octanol–water partition coefficient (Wildman–Crippen LogP) is 2.65. The minimum Gasteiger partial charge on any atom is -0.273 e. The SMILES string of the molecule is Cc1cccc(N2NC(C(C)(C)C)CC2=O)c1. The van der Waals surface area contributed by atoms with E-state index in [1.54, 1.807) is 5.01 Å². The van der Waals surface area contributed by atoms with Crippen LogP contribution in [-0.2, 0) is 4.79 Å². The van der Waals surface area contributed by atoms with E-state index in [9.17, 15) is 4.79 Å². The summed E-state index contributed by atoms with van der Waals surface area (Å²) in [4.78, 5) is 12.0. The van der Waals surface area contributed by atoms with E-state index in [2.05, 4.69) is 26.2 Å². The molecule has 0 saturated carbocycles. The number of rotatable bonds is 1. The molecule has 0 spiro atoms. The standard InChI is InChI=1S/C14H20N2O/c1-10-6-5-7-11(8-10)16-13(17)9-12(15-16)14(2,3)4/h5-8,12,15H,9H2,1-4H3. The van der Waals surface area contributed by atoms with Crippen LogP contribution in [0.25, 0.3) is 0 Å². The van der Waals surface area contributed by atoms with Gasteiger partial charge in [0.2, 0.25) is 5.91 Å². The molecule has 1 aliphatic rings. The molecule has 2 rings (SSSR count). The summed E-state index contributed by atoms with van der Waals surface area (Å²) < 4.78 is 0. The van der Waals surface area contributed by atoms with Crippen molar-refractivity contribution in [2.45, 2.75) is 40.2 Å². The van der Waals surface area contributed by atoms with Gasteiger partial charge in [0.05, 0.1) is 5.69 Å². The molecule has 3 heteroatoms. The molecule has 1 aromatic carbocycles. The highest BCUT2D eigenvalue weighted by Gasteiger charge is 2.37. The van der Waals surface area contributed by atoms with Crippen molar-refractivity contribution in [3.63, 3.8) is 0 Å². The summed E-state index contributed by atoms with van der Waals surface area (Å²) in [7, 11) is 0. The first kappa shape index (κ1) is 12.1. The molecular weight excluding hydrogens is 212 g/mol. The quantitative estimate of drug-likeness (QED) is 0.807. The molecule has 1 heterocycles. The Kier molecular flexibility index (Phi) is 2.96. The highest BCUT2D eigenvalue weighted by Crippen LogP contribution is 2.29. The molecule has 1 amide bonds. The predicted molar refractivity (Wildman–Crippen MR) is 69.7 cm³/mol. The molecule has 0 aromatic heterocycles. The normalized spacial score (nSPS) is 21.1. The number of nitrogens with zero attached hydrogens (tertiary/aromatic N) is 1. The number of carbonyl (C=O) groups excluding carboxylic acids is 1. The van der Waals surface area contributed by atoms with Crippen molar-refractivity contribution < 1.29 is 4.79 Å². The average Bonchev–Trinajstić information content (AvgIpc) is 2.60. The minimum atomic E-state index is 0.0915. The van der Waals surface area contributed by atoms with Gasteiger partial charge in [0.15, 0.2) is 0 Å². The van der Waals surface area contributed by atoms with Crippen LogP contribution in [0.2, 0.25) is 0 Å². The lowest BCUT2D eigenvalue weighted by atomic mass is 9.86. The summed E-state index contributed by atoms with van der Waals surface area (Å²) in [5, 5.41) is 1.68. The van der Waals surface area contributed by atoms with Gasteiger partial charge < -0.3 is 0 Å². The van der Waals surface area contributed by atoms with Crippen molar-refractivity contribution in [1.82, 2.24) is 5.43 Å². The number of hydrogen-bond acceptors (Lipinski definition) is 2. The van der Waals surface area contributed by atoms with Crippen molar-refractivity contribution in [2.75, 3.05) is 5.01 Å². The maximum atomic E-state index is 12.0. The van der Waals surface area contributed by atoms with Gasteiger partial charge in [-0.05, 0) is 30.0 Å². The third kappa shape index (κ3) is 2.50. The van der Waals surface area contributed by atoms with Gasteiger partial charge in [0, 0.05) is 12.5 Å². The van der Waals surface area contributed by atoms with Gasteiger partial charge >= 0.3 is 0 Å². The zero-order chi connectivity index (χ0) is 12.6. The van der Waals surface area contributed by atoms with Crippen LogP contribution in [0.5, 0.6) is 0 Å². The Balaban J connectivity index is 2.22. The van der Waals surface area contributed by atoms with Crippen LogP contribution < -0.4 is 10.4 Å². The molecule has 1 aliphatic heterocycles. The Morgan fingerprint density at radius 1 is 1.35 bits per heavy atom. The largest absolute Gasteiger partial charge is 0.273 e. The van der Waals surface area contributed by atoms with Gasteiger partial charge in [-0.25, -0.2) is 10.4 Å². The van der Waals surface area contributed by atoms with Gasteiger partial charge in [-0.2, -0.15) is 0 Å². The number of hydrazine groups is 1. The number of aryl methyl sites for hydroxylation is 1. The monoisotopic (exact) mass is 232 g/mol. The molecule has 92 valence electrons. The average molecular weight is 232 g/mol. The first-order valence-electron chi connectivity index (χ1n) is 6.04. The van der Waals surface area contributed by atoms with Crippen LogP contribution in [0.3, 0.4) is 0 Å². The molecule has 0 radical (unpaired) electrons. The van der Waals surface area contributed by atoms with Gasteiger partial charge in [0.25, 0.3) is 0 Å². The first-order valence-corrected chi connectivity index (χ1v) is 6.04. The van der Waals surface area contributed by atoms with Gasteiger partial charge in [-0.15, -0.1) is 0 Å². The van der Waals surface area contributed by atoms with Crippen LogP contribution in [0.4, 0.5) is 5.69 Å². The fourth-order valence-electron chi connectivity index (χ4n) is 2.02. The molecule has 1 unspecified atom stereocenters. The Bertz CT molecular complexity index is 434. The molecule has 0 bridgehead atoms. The molecule has 17 heavy (non-hydrogen) atoms. The third-order valence-electron chi connectivity index (χ3n) is 3.22. The van der Waals surface area contributed by atoms with Crippen LogP contribution in [-0.4, -0.2) is 11.9 Å². The van der Waals surface area contributed by atoms with Crippen molar-refractivity contribution >= 4 is 11.6 Å². The van der Waals surface area contributed by atoms with Crippen molar-refractivity contribution in [1.29, 1.82) is 0 Å². The topological polar surface area (TPSA) is 32.3 Å². The second-order valence-electron chi connectivity index (χ2n) is 5.82. The lowest BCUT2D eigenvalue weighted by molar-refractivity contribution is -0.117. The van der Waals surface area contributed by atoms with Gasteiger partial charge in [-0.1, -0.05) is 32.9 Å². The van der Waals surface area contributed by atoms with Crippen LogP contribution in [0.1, 0.15) is 32.8 Å². The van der Waals surface area contributed by atoms with Gasteiger partial charge in [0.1, 0.15) is 0 Å². The van der Waals surface area contributed by atoms with E-state index in [0.717, 1.165) is 11.3 Å². The van der Waals surface area contributed by atoms with Crippen molar-refractivity contribution in [3.05, 3.63) is 29.8 Å². The fourth-order valence-corrected chi connectivity index (χ4v) is 2.02. The molecule has 1 N–H and O–H groups in total. The summed E-state index contributed by atoms with van der Waals surface area (Å²) in [6.45, 7) is 8.48. The lowest BCUT2D eigenvalue weighted by Crippen LogP contribution is -2.42. The van der Waals surface area contributed by atoms with Crippen LogP contribution in [0.15, 0.2) is 24.3 Å². The summed E-state index contributed by atoms with van der Waals surface area (Å²) in [6.07, 6.45) is 0.567. The number of nitrogens with one attached hydrogen (secondary N) is 1. The zero-order valence-electron chi connectivity index (χ0n) is 10.9. The van der Waals surface area contributed by atoms with E-state index in [0.29, 0.717) is 6.42 Å². The fraction of sp³-hybridized carbons (Fsp3) is 0.500. The van der Waals surface area contributed by atoms with Gasteiger partial charge in [-0.3, -0.25) is 4.79 Å². The molecule has 1 aromatic rings. The molecule has 0 aliphatic carbocycles. The Morgan fingerprint density at radius 2 is 2.06 bits per heavy atom. The van der Waals surface area contributed by atoms with Crippen LogP contribution >= 0.6 is 0 Å². The van der Waals surface area contributed by atoms with E-state index in [1.165, 1.54) is 0 Å². The number of carbonyl (C=O) groups is 1. The third-order valence-corrected chi connectivity index (χ3v) is 3.22. The molecular formula is C14H20N2O. The van der Waals surface area contributed by atoms with Crippen molar-refractivity contribution in [3.8, 4) is 0 Å². The maximum Gasteiger partial charge on any atom is 0.243 e. The number of hydrogen-bond donors (Lipinski definition) is 1. The zero-order valence-corrected chi connectivity index (χ0v) is 10.9. The maximum absolute atomic E-state index is 12.0. The van der Waals surface area contributed by atoms with Crippen LogP contribution in [0, 0.1) is 12.3 Å². The minimum absolute atomic E-state index is 0.0915. The first-order chi connectivity index (χ1) is 7.88. The lowest BCUT2D eigenvalue weighted by Gasteiger charge is -2.27. The number of amides is 1. The highest BCUT2D eigenvalue weighted by atomic mass is 16.2. The van der Waals surface area contributed by atoms with E-state index in [4.69, 9.17) is 0 Å².